The Bertz CT molecular complexity index is 1000. The lowest BCUT2D eigenvalue weighted by atomic mass is 10.2. The fraction of sp³-hybridized carbons (Fsp3) is 0.333. The van der Waals surface area contributed by atoms with Gasteiger partial charge < -0.3 is 25.0 Å². The lowest BCUT2D eigenvalue weighted by Gasteiger charge is -2.29. The molecule has 2 N–H and O–H groups in total. The normalized spacial score (nSPS) is 17.2. The van der Waals surface area contributed by atoms with Crippen LogP contribution in [0.15, 0.2) is 42.6 Å². The Morgan fingerprint density at radius 3 is 2.62 bits per heavy atom. The van der Waals surface area contributed by atoms with Gasteiger partial charge in [-0.3, -0.25) is 0 Å². The van der Waals surface area contributed by atoms with E-state index in [2.05, 4.69) is 37.6 Å². The molecule has 1 aromatic heterocycles. The Balaban J connectivity index is 1.37. The Morgan fingerprint density at radius 1 is 1.10 bits per heavy atom. The molecule has 3 heterocycles. The predicted molar refractivity (Wildman–Crippen MR) is 115 cm³/mol. The van der Waals surface area contributed by atoms with Gasteiger partial charge >= 0.3 is 0 Å². The fourth-order valence-electron chi connectivity index (χ4n) is 3.45. The van der Waals surface area contributed by atoms with Crippen molar-refractivity contribution < 1.29 is 9.47 Å². The number of fused-ring (bicyclic) bond motifs is 1. The minimum absolute atomic E-state index is 0.165. The minimum Gasteiger partial charge on any atom is -0.485 e. The van der Waals surface area contributed by atoms with Gasteiger partial charge in [-0.1, -0.05) is 11.6 Å². The van der Waals surface area contributed by atoms with Crippen molar-refractivity contribution in [2.24, 2.45) is 0 Å². The van der Waals surface area contributed by atoms with Crippen molar-refractivity contribution in [2.75, 3.05) is 49.6 Å². The molecule has 0 atom stereocenters. The molecule has 0 amide bonds. The number of hydrogen-bond acceptors (Lipinski definition) is 7. The highest BCUT2D eigenvalue weighted by Crippen LogP contribution is 2.32. The van der Waals surface area contributed by atoms with Gasteiger partial charge in [-0.25, -0.2) is 9.97 Å². The zero-order chi connectivity index (χ0) is 19.6. The van der Waals surface area contributed by atoms with Crippen LogP contribution in [0.25, 0.3) is 10.9 Å². The van der Waals surface area contributed by atoms with Crippen LogP contribution in [0.1, 0.15) is 0 Å². The molecule has 29 heavy (non-hydrogen) atoms. The van der Waals surface area contributed by atoms with E-state index in [1.54, 1.807) is 6.20 Å². The molecule has 0 saturated carbocycles. The summed E-state index contributed by atoms with van der Waals surface area (Å²) in [7, 11) is 0. The molecule has 0 spiro atoms. The van der Waals surface area contributed by atoms with Gasteiger partial charge in [-0.2, -0.15) is 0 Å². The summed E-state index contributed by atoms with van der Waals surface area (Å²) >= 11 is 6.34. The van der Waals surface area contributed by atoms with E-state index >= 15 is 0 Å². The number of rotatable bonds is 5. The molecule has 2 fully saturated rings. The van der Waals surface area contributed by atoms with E-state index in [9.17, 15) is 0 Å². The monoisotopic (exact) mass is 411 g/mol. The van der Waals surface area contributed by atoms with Crippen molar-refractivity contribution in [2.45, 2.75) is 6.10 Å². The summed E-state index contributed by atoms with van der Waals surface area (Å²) in [6, 6.07) is 12.0. The average molecular weight is 412 g/mol. The summed E-state index contributed by atoms with van der Waals surface area (Å²) in [5.41, 5.74) is 2.83. The highest BCUT2D eigenvalue weighted by Gasteiger charge is 2.20. The molecular weight excluding hydrogens is 390 g/mol. The molecule has 7 nitrogen and oxygen atoms in total. The minimum atomic E-state index is 0.165. The van der Waals surface area contributed by atoms with Gasteiger partial charge in [0.05, 0.1) is 18.2 Å². The number of benzene rings is 2. The standard InChI is InChI=1S/C21H22ClN5O2/c22-18-5-6-19(29-16-11-23-12-16)20-17(18)13-24-21(26-20)25-14-1-3-15(4-2-14)27-7-9-28-10-8-27/h1-6,13,16,23H,7-12H2,(H,24,25,26). The summed E-state index contributed by atoms with van der Waals surface area (Å²) in [5.74, 6) is 1.24. The smallest absolute Gasteiger partial charge is 0.227 e. The highest BCUT2D eigenvalue weighted by molar-refractivity contribution is 6.35. The van der Waals surface area contributed by atoms with E-state index < -0.39 is 0 Å². The third-order valence-corrected chi connectivity index (χ3v) is 5.53. The van der Waals surface area contributed by atoms with E-state index in [1.807, 2.05) is 24.3 Å². The Morgan fingerprint density at radius 2 is 1.90 bits per heavy atom. The third-order valence-electron chi connectivity index (χ3n) is 5.20. The van der Waals surface area contributed by atoms with Crippen molar-refractivity contribution >= 4 is 39.8 Å². The van der Waals surface area contributed by atoms with Crippen LogP contribution in [0.5, 0.6) is 5.75 Å². The first-order valence-electron chi connectivity index (χ1n) is 9.79. The van der Waals surface area contributed by atoms with Crippen LogP contribution in [-0.2, 0) is 4.74 Å². The maximum Gasteiger partial charge on any atom is 0.227 e. The lowest BCUT2D eigenvalue weighted by Crippen LogP contribution is -2.50. The maximum absolute atomic E-state index is 6.34. The Kier molecular flexibility index (Phi) is 5.10. The fourth-order valence-corrected chi connectivity index (χ4v) is 3.65. The number of halogens is 1. The van der Waals surface area contributed by atoms with Gasteiger partial charge in [0, 0.05) is 49.1 Å². The van der Waals surface area contributed by atoms with Gasteiger partial charge in [0.1, 0.15) is 17.4 Å². The summed E-state index contributed by atoms with van der Waals surface area (Å²) in [6.07, 6.45) is 1.90. The number of morpholine rings is 1. The van der Waals surface area contributed by atoms with E-state index in [0.29, 0.717) is 16.5 Å². The van der Waals surface area contributed by atoms with E-state index in [4.69, 9.17) is 21.1 Å². The molecule has 2 aromatic carbocycles. The highest BCUT2D eigenvalue weighted by atomic mass is 35.5. The summed E-state index contributed by atoms with van der Waals surface area (Å²) < 4.78 is 11.5. The molecular formula is C21H22ClN5O2. The van der Waals surface area contributed by atoms with Crippen molar-refractivity contribution in [3.05, 3.63) is 47.6 Å². The first-order chi connectivity index (χ1) is 14.3. The molecule has 2 saturated heterocycles. The van der Waals surface area contributed by atoms with Crippen molar-refractivity contribution in [1.82, 2.24) is 15.3 Å². The predicted octanol–water partition coefficient (Wildman–Crippen LogP) is 3.21. The number of anilines is 3. The van der Waals surface area contributed by atoms with Crippen LogP contribution in [0.3, 0.4) is 0 Å². The number of hydrogen-bond donors (Lipinski definition) is 2. The van der Waals surface area contributed by atoms with E-state index in [-0.39, 0.29) is 6.10 Å². The zero-order valence-electron chi connectivity index (χ0n) is 15.9. The molecule has 150 valence electrons. The molecule has 8 heteroatoms. The third kappa shape index (κ3) is 3.94. The van der Waals surface area contributed by atoms with Crippen LogP contribution < -0.4 is 20.3 Å². The average Bonchev–Trinajstić information content (AvgIpc) is 2.73. The SMILES string of the molecule is Clc1ccc(OC2CNC2)c2nc(Nc3ccc(N4CCOCC4)cc3)ncc12. The molecule has 0 bridgehead atoms. The largest absolute Gasteiger partial charge is 0.485 e. The maximum atomic E-state index is 6.34. The summed E-state index contributed by atoms with van der Waals surface area (Å²) in [4.78, 5) is 11.4. The molecule has 2 aliphatic heterocycles. The van der Waals surface area contributed by atoms with E-state index in [0.717, 1.165) is 56.2 Å². The van der Waals surface area contributed by atoms with Gasteiger partial charge in [0.25, 0.3) is 0 Å². The van der Waals surface area contributed by atoms with Gasteiger partial charge in [0.2, 0.25) is 5.95 Å². The van der Waals surface area contributed by atoms with Crippen LogP contribution >= 0.6 is 11.6 Å². The van der Waals surface area contributed by atoms with E-state index in [1.165, 1.54) is 5.69 Å². The molecule has 3 aromatic rings. The van der Waals surface area contributed by atoms with Gasteiger partial charge in [-0.05, 0) is 36.4 Å². The second kappa shape index (κ2) is 8.02. The molecule has 0 aliphatic carbocycles. The van der Waals surface area contributed by atoms with Crippen molar-refractivity contribution in [3.8, 4) is 5.75 Å². The first kappa shape index (κ1) is 18.4. The van der Waals surface area contributed by atoms with Gasteiger partial charge in [0.15, 0.2) is 0 Å². The summed E-state index contributed by atoms with van der Waals surface area (Å²) in [6.45, 7) is 5.07. The van der Waals surface area contributed by atoms with Crippen LogP contribution in [-0.4, -0.2) is 55.5 Å². The lowest BCUT2D eigenvalue weighted by molar-refractivity contribution is 0.122. The topological polar surface area (TPSA) is 71.5 Å². The quantitative estimate of drug-likeness (QED) is 0.667. The molecule has 0 unspecified atom stereocenters. The number of nitrogens with one attached hydrogen (secondary N) is 2. The second-order valence-corrected chi connectivity index (χ2v) is 7.58. The van der Waals surface area contributed by atoms with Crippen molar-refractivity contribution in [3.63, 3.8) is 0 Å². The molecule has 2 aliphatic rings. The van der Waals surface area contributed by atoms with Crippen LogP contribution in [0, 0.1) is 0 Å². The Labute approximate surface area is 174 Å². The van der Waals surface area contributed by atoms with Crippen molar-refractivity contribution in [1.29, 1.82) is 0 Å². The zero-order valence-corrected chi connectivity index (χ0v) is 16.7. The number of ether oxygens (including phenoxy) is 2. The van der Waals surface area contributed by atoms with Crippen LogP contribution in [0.4, 0.5) is 17.3 Å². The second-order valence-electron chi connectivity index (χ2n) is 7.17. The number of aromatic nitrogens is 2. The molecule has 5 rings (SSSR count). The summed E-state index contributed by atoms with van der Waals surface area (Å²) in [5, 5.41) is 7.88. The van der Waals surface area contributed by atoms with Gasteiger partial charge in [-0.15, -0.1) is 0 Å². The Hall–Kier alpha value is -2.61. The first-order valence-corrected chi connectivity index (χ1v) is 10.2. The molecule has 0 radical (unpaired) electrons. The van der Waals surface area contributed by atoms with Crippen LogP contribution in [0.2, 0.25) is 5.02 Å². The number of nitrogens with zero attached hydrogens (tertiary/aromatic N) is 3.